The predicted molar refractivity (Wildman–Crippen MR) is 114 cm³/mol. The van der Waals surface area contributed by atoms with Crippen LogP contribution in [0.15, 0.2) is 28.7 Å². The van der Waals surface area contributed by atoms with Crippen LogP contribution in [-0.2, 0) is 11.3 Å². The van der Waals surface area contributed by atoms with Crippen LogP contribution in [0, 0.1) is 6.92 Å². The number of aromatic amines is 1. The third-order valence-corrected chi connectivity index (χ3v) is 5.14. The lowest BCUT2D eigenvalue weighted by Crippen LogP contribution is -2.31. The highest BCUT2D eigenvalue weighted by atomic mass is 79.9. The minimum Gasteiger partial charge on any atom is -0.480 e. The molecule has 1 atom stereocenters. The molecule has 3 aromatic rings. The van der Waals surface area contributed by atoms with E-state index in [0.717, 1.165) is 4.47 Å². The summed E-state index contributed by atoms with van der Waals surface area (Å²) in [4.78, 5) is 40.7. The molecule has 5 N–H and O–H groups in total. The Morgan fingerprint density at radius 2 is 2.10 bits per heavy atom. The van der Waals surface area contributed by atoms with Gasteiger partial charge in [-0.2, -0.15) is 4.80 Å². The molecule has 2 aromatic heterocycles. The highest BCUT2D eigenvalue weighted by Crippen LogP contribution is 2.28. The van der Waals surface area contributed by atoms with Crippen molar-refractivity contribution in [2.75, 3.05) is 7.05 Å². The summed E-state index contributed by atoms with van der Waals surface area (Å²) in [7, 11) is 1.46. The molecule has 0 spiro atoms. The molecular weight excluding hydrogens is 470 g/mol. The maximum absolute atomic E-state index is 13.2. The van der Waals surface area contributed by atoms with Gasteiger partial charge in [0.2, 0.25) is 5.82 Å². The number of H-pyrrole nitrogens is 1. The van der Waals surface area contributed by atoms with Crippen LogP contribution in [0.3, 0.4) is 0 Å². The van der Waals surface area contributed by atoms with Crippen LogP contribution in [0.2, 0.25) is 0 Å². The van der Waals surface area contributed by atoms with E-state index in [2.05, 4.69) is 41.6 Å². The van der Waals surface area contributed by atoms with Crippen LogP contribution in [0.5, 0.6) is 0 Å². The Hall–Kier alpha value is -3.38. The monoisotopic (exact) mass is 489 g/mol. The number of aliphatic carboxylic acids is 1. The van der Waals surface area contributed by atoms with Gasteiger partial charge in [0.05, 0.1) is 17.8 Å². The molecular formula is C19H20BrN7O4. The second-order valence-corrected chi connectivity index (χ2v) is 7.65. The van der Waals surface area contributed by atoms with Crippen molar-refractivity contribution in [3.63, 3.8) is 0 Å². The van der Waals surface area contributed by atoms with E-state index in [1.54, 1.807) is 31.2 Å². The number of carbonyl (C=O) groups is 3. The standard InChI is InChI=1S/C19H20BrN7O4/c1-9-13(16(28)10-4-3-5-11(20)8-10)15(18(29)22-2)23-14(9)17-24-26-27(25-17)7-6-12(21)19(30)31/h3-5,8,12,23H,6-7,21H2,1-2H3,(H,22,29)(H,30,31). The Balaban J connectivity index is 1.99. The number of halogens is 1. The summed E-state index contributed by atoms with van der Waals surface area (Å²) in [5, 5.41) is 23.5. The van der Waals surface area contributed by atoms with Crippen LogP contribution in [-0.4, -0.2) is 61.0 Å². The van der Waals surface area contributed by atoms with E-state index in [1.165, 1.54) is 11.8 Å². The van der Waals surface area contributed by atoms with Gasteiger partial charge >= 0.3 is 5.97 Å². The first-order valence-corrected chi connectivity index (χ1v) is 10.0. The van der Waals surface area contributed by atoms with Gasteiger partial charge in [-0.15, -0.1) is 10.2 Å². The number of hydrogen-bond donors (Lipinski definition) is 4. The summed E-state index contributed by atoms with van der Waals surface area (Å²) in [6, 6.07) is 5.81. The van der Waals surface area contributed by atoms with E-state index in [-0.39, 0.29) is 35.8 Å². The number of nitrogens with zero attached hydrogens (tertiary/aromatic N) is 4. The van der Waals surface area contributed by atoms with Gasteiger partial charge in [-0.1, -0.05) is 28.1 Å². The molecule has 0 aliphatic heterocycles. The van der Waals surface area contributed by atoms with Crippen molar-refractivity contribution >= 4 is 33.6 Å². The molecule has 12 heteroatoms. The lowest BCUT2D eigenvalue weighted by molar-refractivity contribution is -0.138. The summed E-state index contributed by atoms with van der Waals surface area (Å²) in [6.45, 7) is 1.83. The number of aromatic nitrogens is 5. The fourth-order valence-electron chi connectivity index (χ4n) is 2.99. The zero-order chi connectivity index (χ0) is 22.7. The zero-order valence-electron chi connectivity index (χ0n) is 16.7. The van der Waals surface area contributed by atoms with Gasteiger partial charge in [0, 0.05) is 17.1 Å². The van der Waals surface area contributed by atoms with E-state index < -0.39 is 17.9 Å². The van der Waals surface area contributed by atoms with Crippen molar-refractivity contribution in [1.82, 2.24) is 30.5 Å². The molecule has 0 aliphatic carbocycles. The third kappa shape index (κ3) is 4.70. The number of carboxylic acid groups (broad SMARTS) is 1. The molecule has 0 saturated heterocycles. The first-order chi connectivity index (χ1) is 14.7. The van der Waals surface area contributed by atoms with Crippen LogP contribution in [0.1, 0.15) is 38.4 Å². The smallest absolute Gasteiger partial charge is 0.320 e. The van der Waals surface area contributed by atoms with Crippen molar-refractivity contribution in [3.05, 3.63) is 51.1 Å². The molecule has 1 aromatic carbocycles. The number of hydrogen-bond acceptors (Lipinski definition) is 7. The zero-order valence-corrected chi connectivity index (χ0v) is 18.3. The number of aryl methyl sites for hydroxylation is 1. The molecule has 2 heterocycles. The maximum atomic E-state index is 13.2. The molecule has 0 bridgehead atoms. The van der Waals surface area contributed by atoms with Gasteiger partial charge in [-0.05, 0) is 36.3 Å². The SMILES string of the molecule is CNC(=O)c1[nH]c(-c2nnn(CCC(N)C(=O)O)n2)c(C)c1C(=O)c1cccc(Br)c1. The number of ketones is 1. The molecule has 162 valence electrons. The number of tetrazole rings is 1. The largest absolute Gasteiger partial charge is 0.480 e. The second-order valence-electron chi connectivity index (χ2n) is 6.74. The molecule has 11 nitrogen and oxygen atoms in total. The minimum atomic E-state index is -1.12. The summed E-state index contributed by atoms with van der Waals surface area (Å²) in [5.74, 6) is -1.75. The molecule has 0 radical (unpaired) electrons. The van der Waals surface area contributed by atoms with Crippen LogP contribution < -0.4 is 11.1 Å². The number of rotatable bonds is 8. The Kier molecular flexibility index (Phi) is 6.61. The van der Waals surface area contributed by atoms with Crippen molar-refractivity contribution in [2.24, 2.45) is 5.73 Å². The van der Waals surface area contributed by atoms with Crippen molar-refractivity contribution in [1.29, 1.82) is 0 Å². The van der Waals surface area contributed by atoms with Gasteiger partial charge in [0.1, 0.15) is 11.7 Å². The van der Waals surface area contributed by atoms with Crippen LogP contribution in [0.4, 0.5) is 0 Å². The maximum Gasteiger partial charge on any atom is 0.320 e. The average Bonchev–Trinajstić information content (AvgIpc) is 3.35. The fraction of sp³-hybridized carbons (Fsp3) is 0.263. The number of nitrogens with two attached hydrogens (primary N) is 1. The number of carbonyl (C=O) groups excluding carboxylic acids is 2. The second kappa shape index (κ2) is 9.18. The Morgan fingerprint density at radius 3 is 2.74 bits per heavy atom. The average molecular weight is 490 g/mol. The lowest BCUT2D eigenvalue weighted by atomic mass is 9.99. The quantitative estimate of drug-likeness (QED) is 0.341. The van der Waals surface area contributed by atoms with E-state index in [1.807, 2.05) is 0 Å². The summed E-state index contributed by atoms with van der Waals surface area (Å²) in [6.07, 6.45) is 0.116. The highest BCUT2D eigenvalue weighted by Gasteiger charge is 2.27. The topological polar surface area (TPSA) is 169 Å². The summed E-state index contributed by atoms with van der Waals surface area (Å²) in [5.41, 5.74) is 7.06. The molecule has 0 fully saturated rings. The molecule has 0 saturated carbocycles. The Bertz CT molecular complexity index is 1150. The molecule has 1 unspecified atom stereocenters. The highest BCUT2D eigenvalue weighted by molar-refractivity contribution is 9.10. The molecule has 1 amide bonds. The Labute approximate surface area is 185 Å². The van der Waals surface area contributed by atoms with Crippen LogP contribution in [0.25, 0.3) is 11.5 Å². The fourth-order valence-corrected chi connectivity index (χ4v) is 3.39. The van der Waals surface area contributed by atoms with Gasteiger partial charge in [0.15, 0.2) is 5.78 Å². The van der Waals surface area contributed by atoms with Gasteiger partial charge < -0.3 is 21.1 Å². The van der Waals surface area contributed by atoms with Crippen molar-refractivity contribution in [2.45, 2.75) is 25.9 Å². The number of nitrogens with one attached hydrogen (secondary N) is 2. The summed E-state index contributed by atoms with van der Waals surface area (Å²) >= 11 is 3.35. The van der Waals surface area contributed by atoms with Gasteiger partial charge in [0.25, 0.3) is 5.91 Å². The number of benzene rings is 1. The van der Waals surface area contributed by atoms with E-state index in [9.17, 15) is 14.4 Å². The molecule has 31 heavy (non-hydrogen) atoms. The first kappa shape index (κ1) is 22.3. The van der Waals surface area contributed by atoms with E-state index in [4.69, 9.17) is 10.8 Å². The molecule has 0 aliphatic rings. The Morgan fingerprint density at radius 1 is 1.35 bits per heavy atom. The van der Waals surface area contributed by atoms with Crippen molar-refractivity contribution < 1.29 is 19.5 Å². The van der Waals surface area contributed by atoms with Crippen LogP contribution >= 0.6 is 15.9 Å². The minimum absolute atomic E-state index is 0.0872. The van der Waals surface area contributed by atoms with Gasteiger partial charge in [-0.25, -0.2) is 0 Å². The summed E-state index contributed by atoms with van der Waals surface area (Å²) < 4.78 is 0.734. The van der Waals surface area contributed by atoms with Gasteiger partial charge in [-0.3, -0.25) is 14.4 Å². The van der Waals surface area contributed by atoms with Crippen molar-refractivity contribution in [3.8, 4) is 11.5 Å². The normalized spacial score (nSPS) is 11.9. The molecule has 3 rings (SSSR count). The lowest BCUT2D eigenvalue weighted by Gasteiger charge is -2.05. The first-order valence-electron chi connectivity index (χ1n) is 9.24. The third-order valence-electron chi connectivity index (χ3n) is 4.65. The number of carboxylic acids is 1. The number of amides is 1. The van der Waals surface area contributed by atoms with E-state index in [0.29, 0.717) is 16.8 Å². The van der Waals surface area contributed by atoms with E-state index >= 15 is 0 Å². The predicted octanol–water partition coefficient (Wildman–Crippen LogP) is 1.13.